The average molecular weight is 504 g/mol. The van der Waals surface area contributed by atoms with Crippen LogP contribution in [-0.4, -0.2) is 72.4 Å². The van der Waals surface area contributed by atoms with Crippen LogP contribution in [0.15, 0.2) is 79.0 Å². The standard InChI is InChI=1S/C25H29N3O.C4H4O4/c1-27(25-24(29-2)12-6-15-26-25)16-7-17-28-18-13-21(14-19-28)23-11-5-9-20-8-3-4-10-22(20)23;5-3(6)1-2-4(7)8/h3-6,8-13,15H,7,14,16-19H2,1-2H3;1-2H,(H,5,6)(H,7,8). The van der Waals surface area contributed by atoms with Crippen LogP contribution in [-0.2, 0) is 9.59 Å². The molecule has 0 bridgehead atoms. The van der Waals surface area contributed by atoms with Crippen molar-refractivity contribution in [1.82, 2.24) is 9.88 Å². The van der Waals surface area contributed by atoms with Crippen LogP contribution in [0.2, 0.25) is 0 Å². The highest BCUT2D eigenvalue weighted by Gasteiger charge is 2.15. The van der Waals surface area contributed by atoms with Crippen LogP contribution >= 0.6 is 0 Å². The lowest BCUT2D eigenvalue weighted by atomic mass is 9.94. The summed E-state index contributed by atoms with van der Waals surface area (Å²) in [6, 6.07) is 19.2. The number of pyridine rings is 1. The molecule has 3 aromatic rings. The van der Waals surface area contributed by atoms with Gasteiger partial charge < -0.3 is 19.8 Å². The maximum absolute atomic E-state index is 9.55. The molecule has 2 aromatic carbocycles. The van der Waals surface area contributed by atoms with Crippen molar-refractivity contribution < 1.29 is 24.5 Å². The van der Waals surface area contributed by atoms with E-state index in [9.17, 15) is 9.59 Å². The molecule has 2 N–H and O–H groups in total. The molecule has 0 saturated heterocycles. The first-order valence-corrected chi connectivity index (χ1v) is 12.1. The van der Waals surface area contributed by atoms with Crippen LogP contribution in [0.4, 0.5) is 5.82 Å². The zero-order chi connectivity index (χ0) is 26.6. The summed E-state index contributed by atoms with van der Waals surface area (Å²) < 4.78 is 5.42. The molecule has 0 amide bonds. The Bertz CT molecular complexity index is 1250. The van der Waals surface area contributed by atoms with Gasteiger partial charge in [0.1, 0.15) is 0 Å². The van der Waals surface area contributed by atoms with Gasteiger partial charge in [-0.2, -0.15) is 0 Å². The zero-order valence-corrected chi connectivity index (χ0v) is 21.2. The minimum Gasteiger partial charge on any atom is -0.493 e. The first-order chi connectivity index (χ1) is 17.9. The van der Waals surface area contributed by atoms with Gasteiger partial charge in [0.15, 0.2) is 11.6 Å². The second-order valence-corrected chi connectivity index (χ2v) is 8.62. The van der Waals surface area contributed by atoms with Gasteiger partial charge in [0.2, 0.25) is 0 Å². The zero-order valence-electron chi connectivity index (χ0n) is 21.2. The Morgan fingerprint density at radius 1 is 1.05 bits per heavy atom. The molecule has 4 rings (SSSR count). The summed E-state index contributed by atoms with van der Waals surface area (Å²) in [5, 5.41) is 18.3. The molecular formula is C29H33N3O5. The number of benzene rings is 2. The smallest absolute Gasteiger partial charge is 0.328 e. The number of aromatic nitrogens is 1. The van der Waals surface area contributed by atoms with Crippen LogP contribution in [0, 0.1) is 0 Å². The van der Waals surface area contributed by atoms with Crippen molar-refractivity contribution in [2.24, 2.45) is 0 Å². The molecule has 0 spiro atoms. The minimum atomic E-state index is -1.26. The Morgan fingerprint density at radius 3 is 2.46 bits per heavy atom. The second-order valence-electron chi connectivity index (χ2n) is 8.62. The van der Waals surface area contributed by atoms with Crippen molar-refractivity contribution in [3.8, 4) is 5.75 Å². The van der Waals surface area contributed by atoms with E-state index in [0.717, 1.165) is 50.6 Å². The number of methoxy groups -OCH3 is 1. The highest BCUT2D eigenvalue weighted by Crippen LogP contribution is 2.29. The first kappa shape index (κ1) is 27.4. The van der Waals surface area contributed by atoms with Gasteiger partial charge in [-0.15, -0.1) is 0 Å². The molecule has 8 heteroatoms. The number of nitrogens with zero attached hydrogens (tertiary/aromatic N) is 3. The SMILES string of the molecule is COc1cccnc1N(C)CCCN1CC=C(c2cccc3ccccc23)CC1.O=C(O)C=CC(=O)O. The van der Waals surface area contributed by atoms with Crippen LogP contribution < -0.4 is 9.64 Å². The number of carboxylic acid groups (broad SMARTS) is 2. The Balaban J connectivity index is 0.000000414. The Morgan fingerprint density at radius 2 is 1.78 bits per heavy atom. The molecule has 37 heavy (non-hydrogen) atoms. The van der Waals surface area contributed by atoms with E-state index < -0.39 is 11.9 Å². The lowest BCUT2D eigenvalue weighted by Gasteiger charge is -2.28. The number of ether oxygens (including phenoxy) is 1. The van der Waals surface area contributed by atoms with Crippen LogP contribution in [0.1, 0.15) is 18.4 Å². The van der Waals surface area contributed by atoms with Crippen LogP contribution in [0.25, 0.3) is 16.3 Å². The van der Waals surface area contributed by atoms with Crippen molar-refractivity contribution in [2.45, 2.75) is 12.8 Å². The summed E-state index contributed by atoms with van der Waals surface area (Å²) >= 11 is 0. The molecule has 1 aliphatic rings. The average Bonchev–Trinajstić information content (AvgIpc) is 2.92. The maximum Gasteiger partial charge on any atom is 0.328 e. The predicted molar refractivity (Wildman–Crippen MR) is 146 cm³/mol. The van der Waals surface area contributed by atoms with E-state index in [1.54, 1.807) is 7.11 Å². The number of aliphatic carboxylic acids is 2. The Labute approximate surface area is 217 Å². The molecule has 1 aliphatic heterocycles. The summed E-state index contributed by atoms with van der Waals surface area (Å²) in [4.78, 5) is 28.3. The topological polar surface area (TPSA) is 103 Å². The fraction of sp³-hybridized carbons (Fsp3) is 0.276. The van der Waals surface area contributed by atoms with Crippen molar-refractivity contribution in [1.29, 1.82) is 0 Å². The highest BCUT2D eigenvalue weighted by atomic mass is 16.5. The fourth-order valence-electron chi connectivity index (χ4n) is 4.27. The summed E-state index contributed by atoms with van der Waals surface area (Å²) in [7, 11) is 3.78. The van der Waals surface area contributed by atoms with E-state index in [2.05, 4.69) is 70.4 Å². The van der Waals surface area contributed by atoms with Gasteiger partial charge >= 0.3 is 11.9 Å². The van der Waals surface area contributed by atoms with Gasteiger partial charge in [-0.05, 0) is 46.9 Å². The normalized spacial score (nSPS) is 13.5. The van der Waals surface area contributed by atoms with E-state index in [0.29, 0.717) is 12.2 Å². The molecule has 2 heterocycles. The van der Waals surface area contributed by atoms with Gasteiger partial charge in [-0.25, -0.2) is 14.6 Å². The lowest BCUT2D eigenvalue weighted by Crippen LogP contribution is -2.32. The third-order valence-corrected chi connectivity index (χ3v) is 6.10. The molecule has 0 aliphatic carbocycles. The Kier molecular flexibility index (Phi) is 10.2. The number of fused-ring (bicyclic) bond motifs is 1. The van der Waals surface area contributed by atoms with E-state index in [-0.39, 0.29) is 0 Å². The lowest BCUT2D eigenvalue weighted by molar-refractivity contribution is -0.134. The minimum absolute atomic E-state index is 0.558. The monoisotopic (exact) mass is 503 g/mol. The quantitative estimate of drug-likeness (QED) is 0.410. The third-order valence-electron chi connectivity index (χ3n) is 6.10. The van der Waals surface area contributed by atoms with Crippen LogP contribution in [0.3, 0.4) is 0 Å². The largest absolute Gasteiger partial charge is 0.493 e. The summed E-state index contributed by atoms with van der Waals surface area (Å²) in [5.74, 6) is -0.776. The number of hydrogen-bond acceptors (Lipinski definition) is 6. The summed E-state index contributed by atoms with van der Waals surface area (Å²) in [5.41, 5.74) is 2.87. The number of carbonyl (C=O) groups is 2. The van der Waals surface area contributed by atoms with Crippen LogP contribution in [0.5, 0.6) is 5.75 Å². The summed E-state index contributed by atoms with van der Waals surface area (Å²) in [6.07, 6.45) is 7.56. The molecular weight excluding hydrogens is 470 g/mol. The van der Waals surface area contributed by atoms with Crippen molar-refractivity contribution in [3.05, 3.63) is 84.6 Å². The van der Waals surface area contributed by atoms with Gasteiger partial charge in [0.25, 0.3) is 0 Å². The molecule has 0 atom stereocenters. The van der Waals surface area contributed by atoms with Crippen molar-refractivity contribution in [2.75, 3.05) is 45.2 Å². The van der Waals surface area contributed by atoms with Crippen molar-refractivity contribution in [3.63, 3.8) is 0 Å². The maximum atomic E-state index is 9.55. The predicted octanol–water partition coefficient (Wildman–Crippen LogP) is 4.57. The molecule has 194 valence electrons. The number of rotatable bonds is 9. The van der Waals surface area contributed by atoms with Gasteiger partial charge in [-0.3, -0.25) is 4.90 Å². The molecule has 0 saturated carbocycles. The van der Waals surface area contributed by atoms with Crippen molar-refractivity contribution >= 4 is 34.1 Å². The van der Waals surface area contributed by atoms with E-state index >= 15 is 0 Å². The number of anilines is 1. The molecule has 0 fully saturated rings. The van der Waals surface area contributed by atoms with E-state index in [1.807, 2.05) is 18.3 Å². The molecule has 0 radical (unpaired) electrons. The molecule has 0 unspecified atom stereocenters. The Hall–Kier alpha value is -4.17. The van der Waals surface area contributed by atoms with E-state index in [4.69, 9.17) is 14.9 Å². The van der Waals surface area contributed by atoms with Gasteiger partial charge in [-0.1, -0.05) is 48.5 Å². The second kappa shape index (κ2) is 13.8. The number of hydrogen-bond donors (Lipinski definition) is 2. The number of carboxylic acids is 2. The highest BCUT2D eigenvalue weighted by molar-refractivity contribution is 5.94. The molecule has 8 nitrogen and oxygen atoms in total. The fourth-order valence-corrected chi connectivity index (χ4v) is 4.27. The molecule has 1 aromatic heterocycles. The first-order valence-electron chi connectivity index (χ1n) is 12.1. The van der Waals surface area contributed by atoms with E-state index in [1.165, 1.54) is 21.9 Å². The third kappa shape index (κ3) is 8.18. The van der Waals surface area contributed by atoms with Gasteiger partial charge in [0.05, 0.1) is 7.11 Å². The summed E-state index contributed by atoms with van der Waals surface area (Å²) in [6.45, 7) is 4.20. The van der Waals surface area contributed by atoms with Gasteiger partial charge in [0, 0.05) is 51.6 Å².